The molecule has 0 saturated carbocycles. The van der Waals surface area contributed by atoms with E-state index < -0.39 is 16.9 Å². The lowest BCUT2D eigenvalue weighted by molar-refractivity contribution is -0.384. The quantitative estimate of drug-likeness (QED) is 0.243. The third kappa shape index (κ3) is 4.30. The number of urea groups is 1. The van der Waals surface area contributed by atoms with E-state index in [1.54, 1.807) is 30.3 Å². The van der Waals surface area contributed by atoms with Gasteiger partial charge in [-0.2, -0.15) is 0 Å². The monoisotopic (exact) mass is 457 g/mol. The molecule has 2 heterocycles. The van der Waals surface area contributed by atoms with Crippen molar-refractivity contribution >= 4 is 46.9 Å². The maximum atomic E-state index is 12.7. The second-order valence-electron chi connectivity index (χ2n) is 6.63. The molecule has 1 saturated heterocycles. The Bertz CT molecular complexity index is 1230. The smallest absolute Gasteiger partial charge is 0.329 e. The number of furan rings is 1. The highest BCUT2D eigenvalue weighted by Crippen LogP contribution is 2.34. The van der Waals surface area contributed by atoms with Crippen LogP contribution in [0.15, 0.2) is 64.7 Å². The molecule has 31 heavy (non-hydrogen) atoms. The predicted molar refractivity (Wildman–Crippen MR) is 114 cm³/mol. The number of carbonyl (C=O) groups is 2. The standard InChI is InChI=1S/C21H13Cl2N3O5/c22-13-3-1-12(2-4-13)11-25-20(27)17(24-21(25)28)10-15-6-8-19(31-15)16-7-5-14(23)9-18(16)26(29)30/h1-10H,11H2,(H,24,28)/b17-10-. The van der Waals surface area contributed by atoms with Gasteiger partial charge >= 0.3 is 6.03 Å². The lowest BCUT2D eigenvalue weighted by atomic mass is 10.1. The van der Waals surface area contributed by atoms with E-state index in [0.29, 0.717) is 5.02 Å². The van der Waals surface area contributed by atoms with E-state index in [0.717, 1.165) is 10.5 Å². The molecule has 4 rings (SSSR count). The van der Waals surface area contributed by atoms with Gasteiger partial charge in [0.05, 0.1) is 17.0 Å². The number of nitro groups is 1. The van der Waals surface area contributed by atoms with Gasteiger partial charge in [0, 0.05) is 22.2 Å². The van der Waals surface area contributed by atoms with Crippen LogP contribution in [0.3, 0.4) is 0 Å². The van der Waals surface area contributed by atoms with Crippen molar-refractivity contribution in [1.82, 2.24) is 10.2 Å². The normalized spacial score (nSPS) is 14.9. The second kappa shape index (κ2) is 8.25. The van der Waals surface area contributed by atoms with E-state index in [-0.39, 0.29) is 40.0 Å². The zero-order valence-electron chi connectivity index (χ0n) is 15.7. The SMILES string of the molecule is O=C1N/C(=C\c2ccc(-c3ccc(Cl)cc3[N+](=O)[O-])o2)C(=O)N1Cc1ccc(Cl)cc1. The van der Waals surface area contributed by atoms with Crippen LogP contribution in [0.4, 0.5) is 10.5 Å². The number of imide groups is 1. The third-order valence-corrected chi connectivity index (χ3v) is 5.04. The summed E-state index contributed by atoms with van der Waals surface area (Å²) in [5.74, 6) is -0.0448. The van der Waals surface area contributed by atoms with E-state index in [2.05, 4.69) is 5.32 Å². The first-order valence-electron chi connectivity index (χ1n) is 8.95. The molecule has 0 unspecified atom stereocenters. The fraction of sp³-hybridized carbons (Fsp3) is 0.0476. The molecule has 10 heteroatoms. The summed E-state index contributed by atoms with van der Waals surface area (Å²) in [5.41, 5.74) is 0.806. The summed E-state index contributed by atoms with van der Waals surface area (Å²) in [5, 5.41) is 14.6. The van der Waals surface area contributed by atoms with Crippen LogP contribution in [-0.4, -0.2) is 21.8 Å². The molecule has 0 spiro atoms. The fourth-order valence-corrected chi connectivity index (χ4v) is 3.36. The minimum atomic E-state index is -0.564. The van der Waals surface area contributed by atoms with Crippen molar-refractivity contribution in [3.8, 4) is 11.3 Å². The van der Waals surface area contributed by atoms with Crippen molar-refractivity contribution in [2.24, 2.45) is 0 Å². The number of nitrogens with zero attached hydrogens (tertiary/aromatic N) is 2. The number of benzene rings is 2. The average Bonchev–Trinajstić information content (AvgIpc) is 3.29. The summed E-state index contributed by atoms with van der Waals surface area (Å²) >= 11 is 11.7. The number of amides is 3. The van der Waals surface area contributed by atoms with Crippen LogP contribution in [0.2, 0.25) is 10.0 Å². The van der Waals surface area contributed by atoms with E-state index in [4.69, 9.17) is 27.6 Å². The molecule has 3 amide bonds. The Morgan fingerprint density at radius 3 is 2.45 bits per heavy atom. The van der Waals surface area contributed by atoms with Crippen molar-refractivity contribution in [3.63, 3.8) is 0 Å². The van der Waals surface area contributed by atoms with E-state index >= 15 is 0 Å². The van der Waals surface area contributed by atoms with Gasteiger partial charge in [0.15, 0.2) is 0 Å². The highest BCUT2D eigenvalue weighted by molar-refractivity contribution is 6.31. The lowest BCUT2D eigenvalue weighted by Gasteiger charge is -2.11. The van der Waals surface area contributed by atoms with E-state index in [1.807, 2.05) is 0 Å². The van der Waals surface area contributed by atoms with Gasteiger partial charge in [-0.05, 0) is 42.0 Å². The minimum absolute atomic E-state index is 0.0328. The Hall–Kier alpha value is -3.62. The van der Waals surface area contributed by atoms with Gasteiger partial charge in [0.25, 0.3) is 11.6 Å². The Balaban J connectivity index is 1.57. The summed E-state index contributed by atoms with van der Waals surface area (Å²) in [6.07, 6.45) is 1.37. The first-order chi connectivity index (χ1) is 14.8. The van der Waals surface area contributed by atoms with Crippen LogP contribution in [0.5, 0.6) is 0 Å². The van der Waals surface area contributed by atoms with E-state index in [9.17, 15) is 19.7 Å². The van der Waals surface area contributed by atoms with Crippen LogP contribution in [0.1, 0.15) is 11.3 Å². The summed E-state index contributed by atoms with van der Waals surface area (Å²) in [7, 11) is 0. The molecule has 1 aliphatic rings. The Kier molecular flexibility index (Phi) is 5.50. The molecular weight excluding hydrogens is 445 g/mol. The van der Waals surface area contributed by atoms with Gasteiger partial charge in [-0.15, -0.1) is 0 Å². The maximum Gasteiger partial charge on any atom is 0.329 e. The molecule has 0 radical (unpaired) electrons. The van der Waals surface area contributed by atoms with Gasteiger partial charge in [-0.3, -0.25) is 19.8 Å². The summed E-state index contributed by atoms with van der Waals surface area (Å²) in [6, 6.07) is 13.5. The summed E-state index contributed by atoms with van der Waals surface area (Å²) in [6.45, 7) is 0.0829. The minimum Gasteiger partial charge on any atom is -0.456 e. The Morgan fingerprint density at radius 2 is 1.74 bits per heavy atom. The zero-order valence-corrected chi connectivity index (χ0v) is 17.2. The number of hydrogen-bond acceptors (Lipinski definition) is 5. The van der Waals surface area contributed by atoms with Crippen molar-refractivity contribution in [3.05, 3.63) is 91.8 Å². The molecule has 0 aliphatic carbocycles. The van der Waals surface area contributed by atoms with Gasteiger partial charge in [0.2, 0.25) is 0 Å². The number of nitro benzene ring substituents is 1. The first-order valence-corrected chi connectivity index (χ1v) is 9.70. The number of halogens is 2. The molecule has 0 atom stereocenters. The van der Waals surface area contributed by atoms with Crippen LogP contribution < -0.4 is 5.32 Å². The molecule has 1 N–H and O–H groups in total. The zero-order chi connectivity index (χ0) is 22.1. The van der Waals surface area contributed by atoms with Crippen LogP contribution in [0, 0.1) is 10.1 Å². The molecule has 8 nitrogen and oxygen atoms in total. The predicted octanol–water partition coefficient (Wildman–Crippen LogP) is 5.25. The van der Waals surface area contributed by atoms with Crippen molar-refractivity contribution < 1.29 is 18.9 Å². The molecule has 2 aromatic carbocycles. The van der Waals surface area contributed by atoms with Gasteiger partial charge in [-0.1, -0.05) is 35.3 Å². The van der Waals surface area contributed by atoms with Gasteiger partial charge < -0.3 is 9.73 Å². The first kappa shape index (κ1) is 20.6. The fourth-order valence-electron chi connectivity index (χ4n) is 3.07. The molecule has 3 aromatic rings. The lowest BCUT2D eigenvalue weighted by Crippen LogP contribution is -2.30. The van der Waals surface area contributed by atoms with Crippen LogP contribution in [0.25, 0.3) is 17.4 Å². The molecule has 1 aliphatic heterocycles. The molecule has 1 aromatic heterocycles. The highest BCUT2D eigenvalue weighted by Gasteiger charge is 2.33. The van der Waals surface area contributed by atoms with Crippen LogP contribution >= 0.6 is 23.2 Å². The highest BCUT2D eigenvalue weighted by atomic mass is 35.5. The average molecular weight is 458 g/mol. The number of hydrogen-bond donors (Lipinski definition) is 1. The van der Waals surface area contributed by atoms with Gasteiger partial charge in [0.1, 0.15) is 17.2 Å². The number of nitrogens with one attached hydrogen (secondary N) is 1. The summed E-state index contributed by atoms with van der Waals surface area (Å²) in [4.78, 5) is 36.7. The number of rotatable bonds is 5. The van der Waals surface area contributed by atoms with Gasteiger partial charge in [-0.25, -0.2) is 4.79 Å². The van der Waals surface area contributed by atoms with Crippen LogP contribution in [-0.2, 0) is 11.3 Å². The second-order valence-corrected chi connectivity index (χ2v) is 7.50. The van der Waals surface area contributed by atoms with Crippen molar-refractivity contribution in [1.29, 1.82) is 0 Å². The number of carbonyl (C=O) groups excluding carboxylic acids is 2. The molecular formula is C21H13Cl2N3O5. The van der Waals surface area contributed by atoms with Crippen molar-refractivity contribution in [2.75, 3.05) is 0 Å². The molecule has 1 fully saturated rings. The summed E-state index contributed by atoms with van der Waals surface area (Å²) < 4.78 is 5.65. The molecule has 0 bridgehead atoms. The maximum absolute atomic E-state index is 12.7. The largest absolute Gasteiger partial charge is 0.456 e. The third-order valence-electron chi connectivity index (χ3n) is 4.55. The Labute approximate surface area is 185 Å². The topological polar surface area (TPSA) is 106 Å². The Morgan fingerprint density at radius 1 is 1.03 bits per heavy atom. The van der Waals surface area contributed by atoms with Crippen molar-refractivity contribution in [2.45, 2.75) is 6.54 Å². The molecule has 156 valence electrons. The van der Waals surface area contributed by atoms with E-state index in [1.165, 1.54) is 30.3 Å².